The van der Waals surface area contributed by atoms with Crippen LogP contribution in [-0.2, 0) is 4.79 Å². The van der Waals surface area contributed by atoms with Gasteiger partial charge in [0, 0.05) is 18.2 Å². The number of amides is 1. The van der Waals surface area contributed by atoms with Crippen molar-refractivity contribution in [3.05, 3.63) is 29.8 Å². The summed E-state index contributed by atoms with van der Waals surface area (Å²) >= 11 is 0. The van der Waals surface area contributed by atoms with Crippen molar-refractivity contribution in [3.8, 4) is 5.75 Å². The Kier molecular flexibility index (Phi) is 3.19. The Balaban J connectivity index is 1.67. The maximum atomic E-state index is 12.3. The van der Waals surface area contributed by atoms with Crippen LogP contribution in [0.25, 0.3) is 0 Å². The van der Waals surface area contributed by atoms with Crippen LogP contribution in [0.4, 0.5) is 0 Å². The van der Waals surface area contributed by atoms with Gasteiger partial charge in [-0.15, -0.1) is 0 Å². The zero-order valence-corrected chi connectivity index (χ0v) is 10.3. The first-order valence-electron chi connectivity index (χ1n) is 6.57. The first-order chi connectivity index (χ1) is 8.84. The van der Waals surface area contributed by atoms with Gasteiger partial charge in [-0.2, -0.15) is 0 Å². The highest BCUT2D eigenvalue weighted by atomic mass is 16.5. The van der Waals surface area contributed by atoms with E-state index < -0.39 is 0 Å². The highest BCUT2D eigenvalue weighted by Crippen LogP contribution is 2.33. The van der Waals surface area contributed by atoms with Crippen molar-refractivity contribution < 1.29 is 9.53 Å². The summed E-state index contributed by atoms with van der Waals surface area (Å²) in [6, 6.07) is 8.05. The fourth-order valence-corrected chi connectivity index (χ4v) is 2.66. The smallest absolute Gasteiger partial charge is 0.231 e. The topological polar surface area (TPSA) is 50.4 Å². The quantitative estimate of drug-likeness (QED) is 0.819. The summed E-state index contributed by atoms with van der Waals surface area (Å²) in [6.45, 7) is 2.40. The van der Waals surface area contributed by atoms with Crippen LogP contribution in [0.1, 0.15) is 24.3 Å². The predicted octanol–water partition coefficient (Wildman–Crippen LogP) is 1.03. The molecule has 0 aliphatic carbocycles. The maximum absolute atomic E-state index is 12.3. The number of hydrogen-bond acceptors (Lipinski definition) is 3. The molecule has 2 aliphatic heterocycles. The van der Waals surface area contributed by atoms with Crippen molar-refractivity contribution >= 4 is 5.91 Å². The average molecular weight is 246 g/mol. The molecule has 4 heteroatoms. The molecule has 2 aliphatic rings. The van der Waals surface area contributed by atoms with E-state index in [0.29, 0.717) is 6.61 Å². The SMILES string of the molecule is O=C(NC1CCCNC1)C1COc2ccccc21. The molecule has 0 spiro atoms. The van der Waals surface area contributed by atoms with E-state index in [2.05, 4.69) is 10.6 Å². The van der Waals surface area contributed by atoms with Gasteiger partial charge in [-0.25, -0.2) is 0 Å². The number of nitrogens with one attached hydrogen (secondary N) is 2. The Bertz CT molecular complexity index is 441. The van der Waals surface area contributed by atoms with Crippen LogP contribution in [0.3, 0.4) is 0 Å². The van der Waals surface area contributed by atoms with Crippen LogP contribution < -0.4 is 15.4 Å². The summed E-state index contributed by atoms with van der Waals surface area (Å²) in [5.41, 5.74) is 1.01. The largest absolute Gasteiger partial charge is 0.492 e. The summed E-state index contributed by atoms with van der Waals surface area (Å²) in [5.74, 6) is 0.788. The number of piperidine rings is 1. The minimum atomic E-state index is -0.150. The van der Waals surface area contributed by atoms with Crippen molar-refractivity contribution in [3.63, 3.8) is 0 Å². The van der Waals surface area contributed by atoms with Crippen molar-refractivity contribution in [1.82, 2.24) is 10.6 Å². The molecule has 4 nitrogen and oxygen atoms in total. The number of hydrogen-bond donors (Lipinski definition) is 2. The second kappa shape index (κ2) is 4.98. The van der Waals surface area contributed by atoms with E-state index >= 15 is 0 Å². The molecule has 2 heterocycles. The van der Waals surface area contributed by atoms with Gasteiger partial charge in [-0.3, -0.25) is 4.79 Å². The lowest BCUT2D eigenvalue weighted by atomic mass is 9.99. The van der Waals surface area contributed by atoms with Gasteiger partial charge in [0.05, 0.1) is 0 Å². The first-order valence-corrected chi connectivity index (χ1v) is 6.57. The Morgan fingerprint density at radius 3 is 3.11 bits per heavy atom. The van der Waals surface area contributed by atoms with Gasteiger partial charge < -0.3 is 15.4 Å². The molecule has 1 saturated heterocycles. The molecule has 1 amide bonds. The minimum absolute atomic E-state index is 0.0913. The molecule has 3 rings (SSSR count). The van der Waals surface area contributed by atoms with E-state index in [-0.39, 0.29) is 17.9 Å². The second-order valence-electron chi connectivity index (χ2n) is 4.95. The highest BCUT2D eigenvalue weighted by molar-refractivity contribution is 5.85. The molecule has 2 atom stereocenters. The summed E-state index contributed by atoms with van der Waals surface area (Å²) in [6.07, 6.45) is 2.19. The van der Waals surface area contributed by atoms with Crippen molar-refractivity contribution in [1.29, 1.82) is 0 Å². The molecule has 0 aromatic heterocycles. The fraction of sp³-hybridized carbons (Fsp3) is 0.500. The van der Waals surface area contributed by atoms with Crippen LogP contribution in [0.5, 0.6) is 5.75 Å². The zero-order valence-electron chi connectivity index (χ0n) is 10.3. The number of benzene rings is 1. The number of fused-ring (bicyclic) bond motifs is 1. The fourth-order valence-electron chi connectivity index (χ4n) is 2.66. The lowest BCUT2D eigenvalue weighted by Crippen LogP contribution is -2.47. The summed E-state index contributed by atoms with van der Waals surface area (Å²) < 4.78 is 5.54. The second-order valence-corrected chi connectivity index (χ2v) is 4.95. The Morgan fingerprint density at radius 2 is 2.28 bits per heavy atom. The minimum Gasteiger partial charge on any atom is -0.492 e. The van der Waals surface area contributed by atoms with E-state index in [1.54, 1.807) is 0 Å². The molecule has 0 radical (unpaired) electrons. The van der Waals surface area contributed by atoms with Crippen LogP contribution in [0.2, 0.25) is 0 Å². The van der Waals surface area contributed by atoms with E-state index in [1.165, 1.54) is 0 Å². The Hall–Kier alpha value is -1.55. The number of rotatable bonds is 2. The third-order valence-corrected chi connectivity index (χ3v) is 3.66. The highest BCUT2D eigenvalue weighted by Gasteiger charge is 2.31. The molecule has 0 bridgehead atoms. The molecule has 0 saturated carbocycles. The summed E-state index contributed by atoms with van der Waals surface area (Å²) in [7, 11) is 0. The van der Waals surface area contributed by atoms with Gasteiger partial charge in [0.15, 0.2) is 0 Å². The monoisotopic (exact) mass is 246 g/mol. The molecule has 96 valence electrons. The molecular formula is C14H18N2O2. The lowest BCUT2D eigenvalue weighted by molar-refractivity contribution is -0.123. The molecule has 1 aromatic rings. The maximum Gasteiger partial charge on any atom is 0.231 e. The first kappa shape index (κ1) is 11.5. The van der Waals surface area contributed by atoms with Gasteiger partial charge in [0.25, 0.3) is 0 Å². The molecular weight excluding hydrogens is 228 g/mol. The van der Waals surface area contributed by atoms with E-state index in [4.69, 9.17) is 4.74 Å². The van der Waals surface area contributed by atoms with Gasteiger partial charge in [0.1, 0.15) is 18.3 Å². The zero-order chi connectivity index (χ0) is 12.4. The summed E-state index contributed by atoms with van der Waals surface area (Å²) in [5, 5.41) is 6.42. The third-order valence-electron chi connectivity index (χ3n) is 3.66. The standard InChI is InChI=1S/C14H18N2O2/c17-14(16-10-4-3-7-15-8-10)12-9-18-13-6-2-1-5-11(12)13/h1-2,5-6,10,12,15H,3-4,7-9H2,(H,16,17). The van der Waals surface area contributed by atoms with Crippen molar-refractivity contribution in [2.45, 2.75) is 24.8 Å². The Morgan fingerprint density at radius 1 is 1.39 bits per heavy atom. The number of carbonyl (C=O) groups is 1. The normalized spacial score (nSPS) is 26.2. The Labute approximate surface area is 107 Å². The lowest BCUT2D eigenvalue weighted by Gasteiger charge is -2.25. The van der Waals surface area contributed by atoms with E-state index in [9.17, 15) is 4.79 Å². The van der Waals surface area contributed by atoms with Crippen molar-refractivity contribution in [2.75, 3.05) is 19.7 Å². The number of para-hydroxylation sites is 1. The van der Waals surface area contributed by atoms with E-state index in [0.717, 1.165) is 37.2 Å². The van der Waals surface area contributed by atoms with Crippen LogP contribution in [-0.4, -0.2) is 31.6 Å². The molecule has 2 N–H and O–H groups in total. The number of ether oxygens (including phenoxy) is 1. The van der Waals surface area contributed by atoms with E-state index in [1.807, 2.05) is 24.3 Å². The van der Waals surface area contributed by atoms with Gasteiger partial charge in [0.2, 0.25) is 5.91 Å². The predicted molar refractivity (Wildman–Crippen MR) is 68.7 cm³/mol. The van der Waals surface area contributed by atoms with Crippen LogP contribution in [0, 0.1) is 0 Å². The number of carbonyl (C=O) groups excluding carboxylic acids is 1. The van der Waals surface area contributed by atoms with Crippen LogP contribution >= 0.6 is 0 Å². The summed E-state index contributed by atoms with van der Waals surface area (Å²) in [4.78, 5) is 12.3. The molecule has 18 heavy (non-hydrogen) atoms. The van der Waals surface area contributed by atoms with Crippen molar-refractivity contribution in [2.24, 2.45) is 0 Å². The van der Waals surface area contributed by atoms with Gasteiger partial charge in [-0.05, 0) is 25.5 Å². The molecule has 1 aromatic carbocycles. The van der Waals surface area contributed by atoms with Gasteiger partial charge >= 0.3 is 0 Å². The molecule has 1 fully saturated rings. The third kappa shape index (κ3) is 2.20. The average Bonchev–Trinajstić information content (AvgIpc) is 2.84. The van der Waals surface area contributed by atoms with Crippen LogP contribution in [0.15, 0.2) is 24.3 Å². The van der Waals surface area contributed by atoms with Gasteiger partial charge in [-0.1, -0.05) is 18.2 Å². The molecule has 2 unspecified atom stereocenters.